The minimum absolute atomic E-state index is 0.286. The van der Waals surface area contributed by atoms with Gasteiger partial charge in [-0.15, -0.1) is 5.10 Å². The molecule has 2 rings (SSSR count). The smallest absolute Gasteiger partial charge is 0.169 e. The molecule has 2 aromatic rings. The number of nitrogen functional groups attached to an aromatic ring is 1. The summed E-state index contributed by atoms with van der Waals surface area (Å²) < 4.78 is 2.79. The highest BCUT2D eigenvalue weighted by molar-refractivity contribution is 9.10. The highest BCUT2D eigenvalue weighted by atomic mass is 79.9. The lowest BCUT2D eigenvalue weighted by atomic mass is 10.1. The summed E-state index contributed by atoms with van der Waals surface area (Å²) in [5.41, 5.74) is 7.71. The molecule has 0 aliphatic rings. The Morgan fingerprint density at radius 3 is 2.75 bits per heavy atom. The van der Waals surface area contributed by atoms with Crippen molar-refractivity contribution in [3.8, 4) is 5.69 Å². The number of nitrogens with zero attached hydrogens (tertiary/aromatic N) is 3. The molecule has 0 aliphatic carbocycles. The van der Waals surface area contributed by atoms with Gasteiger partial charge >= 0.3 is 0 Å². The van der Waals surface area contributed by atoms with Crippen LogP contribution in [0.25, 0.3) is 5.69 Å². The van der Waals surface area contributed by atoms with Crippen LogP contribution in [0.1, 0.15) is 25.5 Å². The third kappa shape index (κ3) is 1.95. The number of anilines is 1. The van der Waals surface area contributed by atoms with Gasteiger partial charge in [0.15, 0.2) is 5.82 Å². The van der Waals surface area contributed by atoms with Crippen LogP contribution < -0.4 is 5.73 Å². The fraction of sp³-hybridized carbons (Fsp3) is 0.273. The fourth-order valence-corrected chi connectivity index (χ4v) is 2.03. The number of nitrogens with two attached hydrogens (primary N) is 1. The van der Waals surface area contributed by atoms with Crippen molar-refractivity contribution in [2.75, 3.05) is 5.73 Å². The molecule has 4 nitrogen and oxygen atoms in total. The van der Waals surface area contributed by atoms with Crippen molar-refractivity contribution in [3.63, 3.8) is 0 Å². The standard InChI is InChI=1S/C11H13BrN4/c1-7(2)10-11(13)14-15-16(10)9-5-3-4-8(12)6-9/h3-7H,13H2,1-2H3. The van der Waals surface area contributed by atoms with E-state index < -0.39 is 0 Å². The predicted octanol–water partition coefficient (Wildman–Crippen LogP) is 2.74. The molecule has 0 fully saturated rings. The average molecular weight is 281 g/mol. The Morgan fingerprint density at radius 2 is 2.12 bits per heavy atom. The Hall–Kier alpha value is -1.36. The van der Waals surface area contributed by atoms with E-state index >= 15 is 0 Å². The molecule has 0 saturated heterocycles. The summed E-state index contributed by atoms with van der Waals surface area (Å²) in [4.78, 5) is 0. The molecule has 0 saturated carbocycles. The van der Waals surface area contributed by atoms with E-state index in [1.54, 1.807) is 4.68 Å². The minimum atomic E-state index is 0.286. The summed E-state index contributed by atoms with van der Waals surface area (Å²) in [6.45, 7) is 4.15. The van der Waals surface area contributed by atoms with E-state index in [2.05, 4.69) is 40.1 Å². The molecule has 0 spiro atoms. The van der Waals surface area contributed by atoms with Gasteiger partial charge in [0, 0.05) is 4.47 Å². The van der Waals surface area contributed by atoms with Crippen LogP contribution in [0.2, 0.25) is 0 Å². The van der Waals surface area contributed by atoms with Crippen molar-refractivity contribution in [3.05, 3.63) is 34.4 Å². The average Bonchev–Trinajstić information content (AvgIpc) is 2.60. The summed E-state index contributed by atoms with van der Waals surface area (Å²) in [6.07, 6.45) is 0. The van der Waals surface area contributed by atoms with Crippen molar-refractivity contribution in [2.45, 2.75) is 19.8 Å². The van der Waals surface area contributed by atoms with E-state index in [9.17, 15) is 0 Å². The van der Waals surface area contributed by atoms with Crippen LogP contribution in [0, 0.1) is 0 Å². The van der Waals surface area contributed by atoms with Gasteiger partial charge in [-0.05, 0) is 24.1 Å². The van der Waals surface area contributed by atoms with Gasteiger partial charge in [-0.2, -0.15) is 0 Å². The third-order valence-electron chi connectivity index (χ3n) is 2.33. The second-order valence-electron chi connectivity index (χ2n) is 3.91. The molecular formula is C11H13BrN4. The van der Waals surface area contributed by atoms with E-state index in [-0.39, 0.29) is 5.92 Å². The first kappa shape index (κ1) is 11.1. The third-order valence-corrected chi connectivity index (χ3v) is 2.83. The molecule has 0 radical (unpaired) electrons. The van der Waals surface area contributed by atoms with E-state index in [0.29, 0.717) is 5.82 Å². The number of aromatic nitrogens is 3. The Balaban J connectivity index is 2.56. The predicted molar refractivity (Wildman–Crippen MR) is 67.6 cm³/mol. The van der Waals surface area contributed by atoms with Gasteiger partial charge in [0.2, 0.25) is 0 Å². The monoisotopic (exact) mass is 280 g/mol. The number of benzene rings is 1. The van der Waals surface area contributed by atoms with Crippen molar-refractivity contribution < 1.29 is 0 Å². The Bertz CT molecular complexity index is 504. The zero-order chi connectivity index (χ0) is 11.7. The van der Waals surface area contributed by atoms with E-state index in [1.807, 2.05) is 24.3 Å². The zero-order valence-electron chi connectivity index (χ0n) is 9.18. The lowest BCUT2D eigenvalue weighted by Crippen LogP contribution is -2.05. The molecule has 0 bridgehead atoms. The van der Waals surface area contributed by atoms with Crippen LogP contribution in [-0.2, 0) is 0 Å². The molecular weight excluding hydrogens is 268 g/mol. The van der Waals surface area contributed by atoms with Gasteiger partial charge in [-0.1, -0.05) is 41.1 Å². The molecule has 2 N–H and O–H groups in total. The number of hydrogen-bond acceptors (Lipinski definition) is 3. The highest BCUT2D eigenvalue weighted by Crippen LogP contribution is 2.23. The SMILES string of the molecule is CC(C)c1c(N)nnn1-c1cccc(Br)c1. The Labute approximate surface area is 103 Å². The summed E-state index contributed by atoms with van der Waals surface area (Å²) in [5.74, 6) is 0.781. The van der Waals surface area contributed by atoms with Gasteiger partial charge in [0.1, 0.15) is 0 Å². The lowest BCUT2D eigenvalue weighted by Gasteiger charge is -2.09. The van der Waals surface area contributed by atoms with Gasteiger partial charge in [0.25, 0.3) is 0 Å². The molecule has 0 aliphatic heterocycles. The number of halogens is 1. The van der Waals surface area contributed by atoms with Crippen LogP contribution >= 0.6 is 15.9 Å². The van der Waals surface area contributed by atoms with Gasteiger partial charge in [-0.25, -0.2) is 4.68 Å². The van der Waals surface area contributed by atoms with Crippen molar-refractivity contribution in [1.82, 2.24) is 15.0 Å². The molecule has 1 aromatic carbocycles. The molecule has 1 aromatic heterocycles. The number of rotatable bonds is 2. The maximum Gasteiger partial charge on any atom is 0.169 e. The van der Waals surface area contributed by atoms with Crippen LogP contribution in [0.15, 0.2) is 28.7 Å². The molecule has 0 unspecified atom stereocenters. The van der Waals surface area contributed by atoms with Crippen LogP contribution in [0.4, 0.5) is 5.82 Å². The molecule has 0 atom stereocenters. The van der Waals surface area contributed by atoms with Gasteiger partial charge < -0.3 is 5.73 Å². The first-order chi connectivity index (χ1) is 7.59. The largest absolute Gasteiger partial charge is 0.381 e. The summed E-state index contributed by atoms with van der Waals surface area (Å²) in [7, 11) is 0. The van der Waals surface area contributed by atoms with Crippen LogP contribution in [-0.4, -0.2) is 15.0 Å². The molecule has 84 valence electrons. The molecule has 0 amide bonds. The Kier molecular flexibility index (Phi) is 2.96. The second-order valence-corrected chi connectivity index (χ2v) is 4.82. The highest BCUT2D eigenvalue weighted by Gasteiger charge is 2.14. The topological polar surface area (TPSA) is 56.7 Å². The minimum Gasteiger partial charge on any atom is -0.381 e. The van der Waals surface area contributed by atoms with E-state index in [0.717, 1.165) is 15.9 Å². The quantitative estimate of drug-likeness (QED) is 0.920. The second kappa shape index (κ2) is 4.25. The molecule has 16 heavy (non-hydrogen) atoms. The van der Waals surface area contributed by atoms with Gasteiger partial charge in [0.05, 0.1) is 11.4 Å². The summed E-state index contributed by atoms with van der Waals surface area (Å²) in [6, 6.07) is 7.89. The zero-order valence-corrected chi connectivity index (χ0v) is 10.8. The summed E-state index contributed by atoms with van der Waals surface area (Å²) >= 11 is 3.44. The van der Waals surface area contributed by atoms with E-state index in [1.165, 1.54) is 0 Å². The first-order valence-electron chi connectivity index (χ1n) is 5.06. The number of hydrogen-bond donors (Lipinski definition) is 1. The maximum atomic E-state index is 5.81. The fourth-order valence-electron chi connectivity index (χ4n) is 1.64. The van der Waals surface area contributed by atoms with Crippen molar-refractivity contribution in [2.24, 2.45) is 0 Å². The molecule has 5 heteroatoms. The van der Waals surface area contributed by atoms with Crippen LogP contribution in [0.3, 0.4) is 0 Å². The van der Waals surface area contributed by atoms with Crippen molar-refractivity contribution >= 4 is 21.7 Å². The summed E-state index contributed by atoms with van der Waals surface area (Å²) in [5, 5.41) is 7.99. The normalized spacial score (nSPS) is 11.0. The molecule has 1 heterocycles. The Morgan fingerprint density at radius 1 is 1.38 bits per heavy atom. The lowest BCUT2D eigenvalue weighted by molar-refractivity contribution is 0.716. The maximum absolute atomic E-state index is 5.81. The van der Waals surface area contributed by atoms with Crippen LogP contribution in [0.5, 0.6) is 0 Å². The van der Waals surface area contributed by atoms with E-state index in [4.69, 9.17) is 5.73 Å². The van der Waals surface area contributed by atoms with Gasteiger partial charge in [-0.3, -0.25) is 0 Å². The first-order valence-corrected chi connectivity index (χ1v) is 5.86. The van der Waals surface area contributed by atoms with Crippen molar-refractivity contribution in [1.29, 1.82) is 0 Å².